The first kappa shape index (κ1) is 25.6. The minimum atomic E-state index is -1.67. The van der Waals surface area contributed by atoms with Crippen LogP contribution in [0, 0.1) is 17.4 Å². The highest BCUT2D eigenvalue weighted by Crippen LogP contribution is 2.51. The number of alkyl halides is 1. The highest BCUT2D eigenvalue weighted by Gasteiger charge is 2.49. The van der Waals surface area contributed by atoms with Gasteiger partial charge < -0.3 is 19.5 Å². The molecule has 5 atom stereocenters. The van der Waals surface area contributed by atoms with Crippen LogP contribution in [-0.4, -0.2) is 61.3 Å². The number of aromatic nitrogens is 4. The Balaban J connectivity index is 1.90. The zero-order valence-corrected chi connectivity index (χ0v) is 20.2. The maximum Gasteiger partial charge on any atom is 0.312 e. The molecule has 2 N–H and O–H groups in total. The number of nitrogens with zero attached hydrogens (tertiary/aromatic N) is 6. The molecular formula is C20H30F2N7O3P. The van der Waals surface area contributed by atoms with Crippen LogP contribution < -0.4 is 5.73 Å². The van der Waals surface area contributed by atoms with Crippen LogP contribution in [-0.2, 0) is 13.8 Å². The van der Waals surface area contributed by atoms with Gasteiger partial charge >= 0.3 is 6.08 Å². The van der Waals surface area contributed by atoms with Gasteiger partial charge in [-0.05, 0) is 34.1 Å². The van der Waals surface area contributed by atoms with Gasteiger partial charge in [0.25, 0.3) is 8.53 Å². The molecule has 0 amide bonds. The van der Waals surface area contributed by atoms with E-state index in [1.165, 1.54) is 10.9 Å². The van der Waals surface area contributed by atoms with Gasteiger partial charge in [-0.3, -0.25) is 4.57 Å². The number of halogens is 2. The van der Waals surface area contributed by atoms with E-state index in [9.17, 15) is 4.39 Å². The Labute approximate surface area is 193 Å². The number of rotatable bonds is 10. The van der Waals surface area contributed by atoms with Crippen molar-refractivity contribution in [2.45, 2.75) is 84.2 Å². The van der Waals surface area contributed by atoms with Gasteiger partial charge in [-0.25, -0.2) is 14.0 Å². The Morgan fingerprint density at radius 1 is 1.33 bits per heavy atom. The van der Waals surface area contributed by atoms with Crippen molar-refractivity contribution in [3.8, 4) is 6.07 Å². The molecule has 0 bridgehead atoms. The molecule has 2 aromatic rings. The number of anilines is 1. The predicted molar refractivity (Wildman–Crippen MR) is 119 cm³/mol. The number of hydrogen-bond acceptors (Lipinski definition) is 9. The maximum absolute atomic E-state index is 15.8. The van der Waals surface area contributed by atoms with Crippen molar-refractivity contribution in [2.24, 2.45) is 0 Å². The fraction of sp³-hybridized carbons (Fsp3) is 0.700. The normalized spacial score (nSPS) is 24.3. The van der Waals surface area contributed by atoms with Crippen molar-refractivity contribution in [3.05, 3.63) is 12.4 Å². The van der Waals surface area contributed by atoms with Gasteiger partial charge in [0, 0.05) is 12.1 Å². The van der Waals surface area contributed by atoms with E-state index in [1.807, 2.05) is 45.4 Å². The summed E-state index contributed by atoms with van der Waals surface area (Å²) < 4.78 is 51.1. The van der Waals surface area contributed by atoms with E-state index in [1.54, 1.807) is 0 Å². The van der Waals surface area contributed by atoms with E-state index >= 15 is 4.39 Å². The molecule has 3 rings (SSSR count). The number of nitrogens with two attached hydrogens (primary N) is 1. The smallest absolute Gasteiger partial charge is 0.312 e. The predicted octanol–water partition coefficient (Wildman–Crippen LogP) is 3.85. The summed E-state index contributed by atoms with van der Waals surface area (Å²) in [6, 6.07) is 2.17. The largest absolute Gasteiger partial charge is 0.382 e. The van der Waals surface area contributed by atoms with Crippen LogP contribution in [0.4, 0.5) is 14.6 Å². The quantitative estimate of drug-likeness (QED) is 0.303. The summed E-state index contributed by atoms with van der Waals surface area (Å²) in [7, 11) is -1.67. The molecule has 0 spiro atoms. The third-order valence-corrected chi connectivity index (χ3v) is 7.37. The standard InChI is InChI=1S/C20H30F2N7O3P/c1-6-13-16(32-33(30-9-7-8-23)29(11(2)3)12(4)5)14(21)19(31-13)28-10-25-15-17(24)26-20(22)27-18(15)28/h10-14,16,19H,6-7,9H2,1-5H3,(H2,24,26,27)/t13-,14?,16+,19-,33?/m1/s1. The van der Waals surface area contributed by atoms with Crippen molar-refractivity contribution >= 4 is 25.5 Å². The minimum absolute atomic E-state index is 0.0432. The lowest BCUT2D eigenvalue weighted by atomic mass is 10.1. The molecular weight excluding hydrogens is 455 g/mol. The zero-order valence-electron chi connectivity index (χ0n) is 19.4. The summed E-state index contributed by atoms with van der Waals surface area (Å²) in [5.74, 6) is -0.136. The molecule has 0 aliphatic carbocycles. The minimum Gasteiger partial charge on any atom is -0.382 e. The fourth-order valence-corrected chi connectivity index (χ4v) is 5.63. The second-order valence-electron chi connectivity index (χ2n) is 8.24. The van der Waals surface area contributed by atoms with Crippen molar-refractivity contribution in [2.75, 3.05) is 12.3 Å². The number of fused-ring (bicyclic) bond motifs is 1. The van der Waals surface area contributed by atoms with Gasteiger partial charge in [-0.2, -0.15) is 19.6 Å². The molecule has 1 fully saturated rings. The van der Waals surface area contributed by atoms with Gasteiger partial charge in [0.15, 0.2) is 29.4 Å². The van der Waals surface area contributed by atoms with Crippen LogP contribution in [0.15, 0.2) is 6.33 Å². The lowest BCUT2D eigenvalue weighted by Crippen LogP contribution is -2.37. The van der Waals surface area contributed by atoms with Crippen molar-refractivity contribution in [1.82, 2.24) is 24.2 Å². The van der Waals surface area contributed by atoms with Crippen molar-refractivity contribution in [3.63, 3.8) is 0 Å². The summed E-state index contributed by atoms with van der Waals surface area (Å²) >= 11 is 0. The zero-order chi connectivity index (χ0) is 24.3. The first-order valence-corrected chi connectivity index (χ1v) is 12.0. The summed E-state index contributed by atoms with van der Waals surface area (Å²) in [5, 5.41) is 8.90. The summed E-state index contributed by atoms with van der Waals surface area (Å²) in [5.41, 5.74) is 5.94. The monoisotopic (exact) mass is 485 g/mol. The Hall–Kier alpha value is -2.03. The lowest BCUT2D eigenvalue weighted by molar-refractivity contribution is -0.0230. The summed E-state index contributed by atoms with van der Waals surface area (Å²) in [6.45, 7) is 10.0. The van der Waals surface area contributed by atoms with Gasteiger partial charge in [0.1, 0.15) is 6.10 Å². The van der Waals surface area contributed by atoms with Gasteiger partial charge in [0.05, 0.1) is 31.5 Å². The molecule has 33 heavy (non-hydrogen) atoms. The van der Waals surface area contributed by atoms with E-state index in [4.69, 9.17) is 24.8 Å². The van der Waals surface area contributed by atoms with Crippen LogP contribution in [0.2, 0.25) is 0 Å². The van der Waals surface area contributed by atoms with Crippen LogP contribution >= 0.6 is 8.53 Å². The molecule has 10 nitrogen and oxygen atoms in total. The molecule has 2 aromatic heterocycles. The number of ether oxygens (including phenoxy) is 1. The van der Waals surface area contributed by atoms with Crippen molar-refractivity contribution in [1.29, 1.82) is 5.26 Å². The summed E-state index contributed by atoms with van der Waals surface area (Å²) in [6.07, 6.45) is -3.34. The molecule has 182 valence electrons. The Morgan fingerprint density at radius 2 is 2.03 bits per heavy atom. The number of nitriles is 1. The number of imidazole rings is 1. The molecule has 0 radical (unpaired) electrons. The molecule has 3 heterocycles. The van der Waals surface area contributed by atoms with E-state index < -0.39 is 39.2 Å². The molecule has 1 saturated heterocycles. The van der Waals surface area contributed by atoms with E-state index in [-0.39, 0.29) is 42.1 Å². The van der Waals surface area contributed by atoms with Gasteiger partial charge in [-0.15, -0.1) is 0 Å². The third-order valence-electron chi connectivity index (χ3n) is 5.24. The average Bonchev–Trinajstić information content (AvgIpc) is 3.28. The lowest BCUT2D eigenvalue weighted by Gasteiger charge is -2.37. The van der Waals surface area contributed by atoms with Crippen LogP contribution in [0.25, 0.3) is 11.2 Å². The SMILES string of the molecule is CC[C@H]1O[C@@H](n2cnc3c(N)nc(F)nc32)C(F)[C@H]1OP(OCCC#N)N(C(C)C)C(C)C. The maximum atomic E-state index is 15.8. The van der Waals surface area contributed by atoms with Crippen LogP contribution in [0.5, 0.6) is 0 Å². The second-order valence-corrected chi connectivity index (χ2v) is 9.64. The summed E-state index contributed by atoms with van der Waals surface area (Å²) in [4.78, 5) is 11.3. The molecule has 0 saturated carbocycles. The Kier molecular flexibility index (Phi) is 8.48. The average molecular weight is 485 g/mol. The molecule has 2 unspecified atom stereocenters. The highest BCUT2D eigenvalue weighted by molar-refractivity contribution is 7.44. The highest BCUT2D eigenvalue weighted by atomic mass is 31.2. The fourth-order valence-electron chi connectivity index (χ4n) is 3.87. The Bertz CT molecular complexity index is 978. The second kappa shape index (κ2) is 10.9. The van der Waals surface area contributed by atoms with E-state index in [0.717, 1.165) is 0 Å². The van der Waals surface area contributed by atoms with E-state index in [2.05, 4.69) is 15.0 Å². The van der Waals surface area contributed by atoms with Gasteiger partial charge in [0.2, 0.25) is 0 Å². The first-order chi connectivity index (χ1) is 15.7. The molecule has 13 heteroatoms. The molecule has 1 aliphatic rings. The topological polar surface area (TPSA) is 124 Å². The van der Waals surface area contributed by atoms with Crippen LogP contribution in [0.1, 0.15) is 53.7 Å². The van der Waals surface area contributed by atoms with E-state index in [0.29, 0.717) is 6.42 Å². The van der Waals surface area contributed by atoms with Gasteiger partial charge in [-0.1, -0.05) is 6.92 Å². The third kappa shape index (κ3) is 5.39. The Morgan fingerprint density at radius 3 is 2.64 bits per heavy atom. The number of nitrogen functional groups attached to an aromatic ring is 1. The molecule has 0 aromatic carbocycles. The molecule has 1 aliphatic heterocycles. The first-order valence-electron chi connectivity index (χ1n) is 10.9. The number of hydrogen-bond donors (Lipinski definition) is 1. The van der Waals surface area contributed by atoms with Crippen molar-refractivity contribution < 1.29 is 22.6 Å². The van der Waals surface area contributed by atoms with Crippen LogP contribution in [0.3, 0.4) is 0 Å².